The number of carbonyl (C=O) groups is 2. The molecule has 1 heterocycles. The number of nitrogens with zero attached hydrogens (tertiary/aromatic N) is 2. The van der Waals surface area contributed by atoms with Gasteiger partial charge in [0.1, 0.15) is 0 Å². The highest BCUT2D eigenvalue weighted by Crippen LogP contribution is 2.03. The molecule has 0 aliphatic heterocycles. The Labute approximate surface area is 114 Å². The van der Waals surface area contributed by atoms with E-state index in [9.17, 15) is 24.5 Å². The minimum Gasteiger partial charge on any atom is -0.466 e. The predicted octanol–water partition coefficient (Wildman–Crippen LogP) is 0.669. The highest BCUT2D eigenvalue weighted by molar-refractivity contribution is 5.82. The van der Waals surface area contributed by atoms with E-state index in [1.54, 1.807) is 6.92 Å². The molecule has 108 valence electrons. The van der Waals surface area contributed by atoms with Gasteiger partial charge in [-0.25, -0.2) is 0 Å². The topological polar surface area (TPSA) is 109 Å². The molecule has 0 amide bonds. The van der Waals surface area contributed by atoms with Gasteiger partial charge >= 0.3 is 17.2 Å². The number of Topliss-reactive ketones (excluding diaryl/α,β-unsaturated/α-hetero) is 1. The summed E-state index contributed by atoms with van der Waals surface area (Å²) in [6.07, 6.45) is 1.14. The average Bonchev–Trinajstić information content (AvgIpc) is 2.39. The molecule has 0 fully saturated rings. The summed E-state index contributed by atoms with van der Waals surface area (Å²) >= 11 is 0. The first kappa shape index (κ1) is 15.5. The lowest BCUT2D eigenvalue weighted by Crippen LogP contribution is -2.25. The van der Waals surface area contributed by atoms with E-state index in [-0.39, 0.29) is 31.8 Å². The minimum absolute atomic E-state index is 0.0731. The second kappa shape index (κ2) is 7.17. The van der Waals surface area contributed by atoms with Gasteiger partial charge in [0.15, 0.2) is 5.78 Å². The van der Waals surface area contributed by atoms with E-state index < -0.39 is 22.1 Å². The van der Waals surface area contributed by atoms with Gasteiger partial charge in [0, 0.05) is 18.7 Å². The SMILES string of the molecule is CCOC(=O)CCC(=O)Cn1cccc([N+](=O)[O-])c1=O. The van der Waals surface area contributed by atoms with Gasteiger partial charge in [0.05, 0.1) is 24.5 Å². The van der Waals surface area contributed by atoms with Gasteiger partial charge in [-0.1, -0.05) is 0 Å². The first-order valence-corrected chi connectivity index (χ1v) is 5.97. The number of pyridine rings is 1. The normalized spacial score (nSPS) is 10.1. The van der Waals surface area contributed by atoms with E-state index in [2.05, 4.69) is 4.74 Å². The second-order valence-electron chi connectivity index (χ2n) is 3.93. The maximum absolute atomic E-state index is 11.7. The molecule has 0 unspecified atom stereocenters. The van der Waals surface area contributed by atoms with E-state index in [4.69, 9.17) is 0 Å². The van der Waals surface area contributed by atoms with Crippen molar-refractivity contribution >= 4 is 17.4 Å². The van der Waals surface area contributed by atoms with Crippen LogP contribution in [0.15, 0.2) is 23.1 Å². The fourth-order valence-corrected chi connectivity index (χ4v) is 1.53. The molecule has 0 spiro atoms. The number of hydrogen-bond acceptors (Lipinski definition) is 6. The average molecular weight is 282 g/mol. The van der Waals surface area contributed by atoms with Gasteiger partial charge in [-0.2, -0.15) is 0 Å². The molecule has 8 nitrogen and oxygen atoms in total. The van der Waals surface area contributed by atoms with Crippen LogP contribution in [-0.2, 0) is 20.9 Å². The van der Waals surface area contributed by atoms with Crippen molar-refractivity contribution in [3.8, 4) is 0 Å². The van der Waals surface area contributed by atoms with Crippen molar-refractivity contribution in [1.29, 1.82) is 0 Å². The number of rotatable bonds is 7. The quantitative estimate of drug-likeness (QED) is 0.413. The smallest absolute Gasteiger partial charge is 0.334 e. The minimum atomic E-state index is -0.845. The van der Waals surface area contributed by atoms with Crippen molar-refractivity contribution in [2.45, 2.75) is 26.3 Å². The number of hydrogen-bond donors (Lipinski definition) is 0. The number of ketones is 1. The second-order valence-corrected chi connectivity index (χ2v) is 3.93. The summed E-state index contributed by atoms with van der Waals surface area (Å²) in [7, 11) is 0. The van der Waals surface area contributed by atoms with Crippen LogP contribution in [0, 0.1) is 10.1 Å². The Morgan fingerprint density at radius 1 is 1.40 bits per heavy atom. The molecule has 0 radical (unpaired) electrons. The molecule has 1 aromatic rings. The molecule has 0 saturated carbocycles. The van der Waals surface area contributed by atoms with Crippen LogP contribution in [0.25, 0.3) is 0 Å². The van der Waals surface area contributed by atoms with Gasteiger partial charge < -0.3 is 9.30 Å². The van der Waals surface area contributed by atoms with Crippen molar-refractivity contribution in [3.05, 3.63) is 38.8 Å². The molecule has 0 N–H and O–H groups in total. The van der Waals surface area contributed by atoms with Gasteiger partial charge in [-0.05, 0) is 13.0 Å². The Balaban J connectivity index is 2.67. The number of esters is 1. The zero-order valence-corrected chi connectivity index (χ0v) is 10.9. The third-order valence-corrected chi connectivity index (χ3v) is 2.46. The summed E-state index contributed by atoms with van der Waals surface area (Å²) in [4.78, 5) is 44.1. The standard InChI is InChI=1S/C12H14N2O6/c1-2-20-11(16)6-5-9(15)8-13-7-3-4-10(12(13)17)14(18)19/h3-4,7H,2,5-6,8H2,1H3. The zero-order valence-electron chi connectivity index (χ0n) is 10.9. The van der Waals surface area contributed by atoms with E-state index >= 15 is 0 Å². The van der Waals surface area contributed by atoms with Crippen LogP contribution in [0.2, 0.25) is 0 Å². The molecule has 0 aromatic carbocycles. The summed E-state index contributed by atoms with van der Waals surface area (Å²) in [6, 6.07) is 2.39. The summed E-state index contributed by atoms with van der Waals surface area (Å²) in [5.41, 5.74) is -1.44. The van der Waals surface area contributed by atoms with E-state index in [0.29, 0.717) is 0 Å². The van der Waals surface area contributed by atoms with Crippen molar-refractivity contribution in [2.24, 2.45) is 0 Å². The van der Waals surface area contributed by atoms with Gasteiger partial charge in [0.2, 0.25) is 0 Å². The molecule has 0 saturated heterocycles. The van der Waals surface area contributed by atoms with Crippen LogP contribution < -0.4 is 5.56 Å². The van der Waals surface area contributed by atoms with Crippen molar-refractivity contribution in [1.82, 2.24) is 4.57 Å². The van der Waals surface area contributed by atoms with Crippen LogP contribution in [0.4, 0.5) is 5.69 Å². The molecule has 1 aromatic heterocycles. The Bertz CT molecular complexity index is 578. The number of aromatic nitrogens is 1. The largest absolute Gasteiger partial charge is 0.466 e. The van der Waals surface area contributed by atoms with Gasteiger partial charge in [-0.3, -0.25) is 24.5 Å². The fourth-order valence-electron chi connectivity index (χ4n) is 1.53. The van der Waals surface area contributed by atoms with Gasteiger partial charge in [0.25, 0.3) is 0 Å². The Kier molecular flexibility index (Phi) is 5.57. The molecule has 0 aliphatic carbocycles. The number of nitro groups is 1. The molecular formula is C12H14N2O6. The van der Waals surface area contributed by atoms with Gasteiger partial charge in [-0.15, -0.1) is 0 Å². The first-order valence-electron chi connectivity index (χ1n) is 5.97. The Hall–Kier alpha value is -2.51. The van der Waals surface area contributed by atoms with Crippen LogP contribution in [0.5, 0.6) is 0 Å². The number of carbonyl (C=O) groups excluding carboxylic acids is 2. The van der Waals surface area contributed by atoms with Crippen LogP contribution >= 0.6 is 0 Å². The molecular weight excluding hydrogens is 268 g/mol. The molecule has 0 bridgehead atoms. The molecule has 0 atom stereocenters. The lowest BCUT2D eigenvalue weighted by molar-refractivity contribution is -0.386. The Morgan fingerprint density at radius 3 is 2.70 bits per heavy atom. The highest BCUT2D eigenvalue weighted by Gasteiger charge is 2.15. The fraction of sp³-hybridized carbons (Fsp3) is 0.417. The van der Waals surface area contributed by atoms with E-state index in [0.717, 1.165) is 10.6 Å². The lowest BCUT2D eigenvalue weighted by atomic mass is 10.2. The van der Waals surface area contributed by atoms with E-state index in [1.165, 1.54) is 12.3 Å². The zero-order chi connectivity index (χ0) is 15.1. The monoisotopic (exact) mass is 282 g/mol. The van der Waals surface area contributed by atoms with Crippen LogP contribution in [-0.4, -0.2) is 27.8 Å². The maximum Gasteiger partial charge on any atom is 0.334 e. The van der Waals surface area contributed by atoms with Crippen LogP contribution in [0.3, 0.4) is 0 Å². The third-order valence-electron chi connectivity index (χ3n) is 2.46. The predicted molar refractivity (Wildman–Crippen MR) is 68.2 cm³/mol. The number of ether oxygens (including phenoxy) is 1. The van der Waals surface area contributed by atoms with E-state index in [1.807, 2.05) is 0 Å². The van der Waals surface area contributed by atoms with Crippen molar-refractivity contribution in [2.75, 3.05) is 6.61 Å². The molecule has 8 heteroatoms. The summed E-state index contributed by atoms with van der Waals surface area (Å²) in [5.74, 6) is -0.868. The lowest BCUT2D eigenvalue weighted by Gasteiger charge is -2.04. The summed E-state index contributed by atoms with van der Waals surface area (Å²) in [6.45, 7) is 1.58. The summed E-state index contributed by atoms with van der Waals surface area (Å²) in [5, 5.41) is 10.6. The molecule has 0 aliphatic rings. The third kappa shape index (κ3) is 4.30. The van der Waals surface area contributed by atoms with Crippen LogP contribution in [0.1, 0.15) is 19.8 Å². The van der Waals surface area contributed by atoms with Crippen molar-refractivity contribution < 1.29 is 19.2 Å². The molecule has 20 heavy (non-hydrogen) atoms. The van der Waals surface area contributed by atoms with Crippen molar-refractivity contribution in [3.63, 3.8) is 0 Å². The first-order chi connectivity index (χ1) is 9.45. The Morgan fingerprint density at radius 2 is 2.10 bits per heavy atom. The summed E-state index contributed by atoms with van der Waals surface area (Å²) < 4.78 is 5.62. The maximum atomic E-state index is 11.7. The highest BCUT2D eigenvalue weighted by atomic mass is 16.6. The molecule has 1 rings (SSSR count).